The first-order valence-electron chi connectivity index (χ1n) is 10.6. The molecule has 1 aliphatic heterocycles. The Labute approximate surface area is 180 Å². The fraction of sp³-hybridized carbons (Fsp3) is 0.333. The molecule has 3 aromatic rings. The van der Waals surface area contributed by atoms with Crippen LogP contribution in [-0.2, 0) is 9.53 Å². The molecule has 2 heterocycles. The average Bonchev–Trinajstić information content (AvgIpc) is 3.21. The summed E-state index contributed by atoms with van der Waals surface area (Å²) in [7, 11) is 0. The first kappa shape index (κ1) is 20.9. The Morgan fingerprint density at radius 2 is 1.81 bits per heavy atom. The van der Waals surface area contributed by atoms with Gasteiger partial charge in [0.05, 0.1) is 6.61 Å². The lowest BCUT2D eigenvalue weighted by Gasteiger charge is -2.34. The number of halogens is 1. The van der Waals surface area contributed by atoms with Gasteiger partial charge < -0.3 is 19.5 Å². The fourth-order valence-electron chi connectivity index (χ4n) is 4.17. The van der Waals surface area contributed by atoms with Gasteiger partial charge in [-0.05, 0) is 36.2 Å². The number of piperazine rings is 1. The van der Waals surface area contributed by atoms with E-state index in [0.717, 1.165) is 22.0 Å². The number of ether oxygens (including phenoxy) is 1. The van der Waals surface area contributed by atoms with Crippen LogP contribution in [0.4, 0.5) is 9.18 Å². The van der Waals surface area contributed by atoms with Crippen molar-refractivity contribution in [1.29, 1.82) is 0 Å². The third-order valence-corrected chi connectivity index (χ3v) is 5.78. The van der Waals surface area contributed by atoms with E-state index in [1.54, 1.807) is 22.8 Å². The number of rotatable bonds is 5. The third-order valence-electron chi connectivity index (χ3n) is 5.78. The number of amides is 2. The van der Waals surface area contributed by atoms with E-state index >= 15 is 0 Å². The highest BCUT2D eigenvalue weighted by Gasteiger charge is 2.28. The number of aromatic nitrogens is 1. The van der Waals surface area contributed by atoms with Crippen LogP contribution >= 0.6 is 0 Å². The maximum Gasteiger partial charge on any atom is 0.409 e. The van der Waals surface area contributed by atoms with E-state index in [2.05, 4.69) is 4.98 Å². The smallest absolute Gasteiger partial charge is 0.409 e. The molecule has 1 fully saturated rings. The minimum absolute atomic E-state index is 0.0111. The molecule has 1 aromatic heterocycles. The van der Waals surface area contributed by atoms with Crippen molar-refractivity contribution >= 4 is 22.9 Å². The Hall–Kier alpha value is -3.35. The lowest BCUT2D eigenvalue weighted by molar-refractivity contribution is -0.133. The summed E-state index contributed by atoms with van der Waals surface area (Å²) in [6, 6.07) is 14.3. The minimum Gasteiger partial charge on any atom is -0.450 e. The van der Waals surface area contributed by atoms with Gasteiger partial charge in [0.2, 0.25) is 5.91 Å². The molecule has 1 atom stereocenters. The van der Waals surface area contributed by atoms with E-state index in [0.29, 0.717) is 32.8 Å². The summed E-state index contributed by atoms with van der Waals surface area (Å²) in [5.41, 5.74) is 2.72. The van der Waals surface area contributed by atoms with Gasteiger partial charge in [-0.25, -0.2) is 9.18 Å². The molecule has 0 radical (unpaired) electrons. The van der Waals surface area contributed by atoms with E-state index in [1.165, 1.54) is 12.1 Å². The highest BCUT2D eigenvalue weighted by atomic mass is 19.1. The number of para-hydroxylation sites is 1. The van der Waals surface area contributed by atoms with Crippen LogP contribution in [0.1, 0.15) is 30.4 Å². The van der Waals surface area contributed by atoms with Gasteiger partial charge in [-0.2, -0.15) is 0 Å². The van der Waals surface area contributed by atoms with E-state index in [4.69, 9.17) is 4.74 Å². The number of carbonyl (C=O) groups excluding carboxylic acids is 2. The summed E-state index contributed by atoms with van der Waals surface area (Å²) in [4.78, 5) is 31.8. The first-order valence-corrected chi connectivity index (χ1v) is 10.6. The molecule has 4 rings (SSSR count). The number of nitrogens with zero attached hydrogens (tertiary/aromatic N) is 2. The lowest BCUT2D eigenvalue weighted by atomic mass is 9.87. The van der Waals surface area contributed by atoms with Gasteiger partial charge in [0.1, 0.15) is 5.82 Å². The Balaban J connectivity index is 1.55. The van der Waals surface area contributed by atoms with Crippen LogP contribution < -0.4 is 0 Å². The zero-order valence-corrected chi connectivity index (χ0v) is 17.5. The van der Waals surface area contributed by atoms with Crippen molar-refractivity contribution in [2.24, 2.45) is 0 Å². The van der Waals surface area contributed by atoms with Crippen molar-refractivity contribution in [3.8, 4) is 0 Å². The third kappa shape index (κ3) is 4.55. The molecule has 0 bridgehead atoms. The van der Waals surface area contributed by atoms with Crippen LogP contribution in [0.2, 0.25) is 0 Å². The van der Waals surface area contributed by atoms with Gasteiger partial charge in [0.15, 0.2) is 0 Å². The second-order valence-electron chi connectivity index (χ2n) is 7.67. The lowest BCUT2D eigenvalue weighted by Crippen LogP contribution is -2.50. The molecular weight excluding hydrogens is 397 g/mol. The van der Waals surface area contributed by atoms with Crippen molar-refractivity contribution in [1.82, 2.24) is 14.8 Å². The summed E-state index contributed by atoms with van der Waals surface area (Å²) >= 11 is 0. The predicted octanol–water partition coefficient (Wildman–Crippen LogP) is 4.13. The van der Waals surface area contributed by atoms with Gasteiger partial charge in [0, 0.05) is 55.6 Å². The van der Waals surface area contributed by atoms with Crippen LogP contribution in [0.15, 0.2) is 54.7 Å². The SMILES string of the molecule is CCOC(=O)N1CCN(C(=O)C[C@H](c2cccc(F)c2)c2c[nH]c3ccccc23)CC1. The molecule has 1 N–H and O–H groups in total. The van der Waals surface area contributed by atoms with E-state index < -0.39 is 0 Å². The number of H-pyrrole nitrogens is 1. The van der Waals surface area contributed by atoms with Crippen molar-refractivity contribution in [2.75, 3.05) is 32.8 Å². The Morgan fingerprint density at radius 1 is 1.06 bits per heavy atom. The normalized spacial score (nSPS) is 15.2. The highest BCUT2D eigenvalue weighted by Crippen LogP contribution is 2.34. The van der Waals surface area contributed by atoms with Crippen LogP contribution in [0.25, 0.3) is 10.9 Å². The molecule has 2 aromatic carbocycles. The Bertz CT molecular complexity index is 1070. The zero-order chi connectivity index (χ0) is 21.8. The van der Waals surface area contributed by atoms with Crippen LogP contribution in [-0.4, -0.2) is 59.6 Å². The maximum atomic E-state index is 14.0. The van der Waals surface area contributed by atoms with E-state index in [1.807, 2.05) is 36.5 Å². The van der Waals surface area contributed by atoms with Gasteiger partial charge >= 0.3 is 6.09 Å². The molecular formula is C24H26FN3O3. The van der Waals surface area contributed by atoms with Crippen LogP contribution in [0, 0.1) is 5.82 Å². The molecule has 0 saturated carbocycles. The summed E-state index contributed by atoms with van der Waals surface area (Å²) in [6.45, 7) is 3.92. The molecule has 7 heteroatoms. The Morgan fingerprint density at radius 3 is 2.55 bits per heavy atom. The quantitative estimate of drug-likeness (QED) is 0.671. The zero-order valence-electron chi connectivity index (χ0n) is 17.5. The minimum atomic E-state index is -0.342. The summed E-state index contributed by atoms with van der Waals surface area (Å²) in [5.74, 6) is -0.608. The van der Waals surface area contributed by atoms with E-state index in [9.17, 15) is 14.0 Å². The van der Waals surface area contributed by atoms with Gasteiger partial charge in [-0.3, -0.25) is 4.79 Å². The van der Waals surface area contributed by atoms with Crippen molar-refractivity contribution < 1.29 is 18.7 Å². The summed E-state index contributed by atoms with van der Waals surface area (Å²) in [5, 5.41) is 1.02. The number of aromatic amines is 1. The molecule has 6 nitrogen and oxygen atoms in total. The number of fused-ring (bicyclic) bond motifs is 1. The standard InChI is InChI=1S/C24H26FN3O3/c1-2-31-24(30)28-12-10-27(11-13-28)23(29)15-20(17-6-5-7-18(25)14-17)21-16-26-22-9-4-3-8-19(21)22/h3-9,14,16,20,26H,2,10-13,15H2,1H3/t20-/m1/s1. The largest absolute Gasteiger partial charge is 0.450 e. The van der Waals surface area contributed by atoms with Gasteiger partial charge in [-0.1, -0.05) is 30.3 Å². The average molecular weight is 423 g/mol. The number of hydrogen-bond acceptors (Lipinski definition) is 3. The van der Waals surface area contributed by atoms with Gasteiger partial charge in [-0.15, -0.1) is 0 Å². The molecule has 2 amide bonds. The monoisotopic (exact) mass is 423 g/mol. The molecule has 0 spiro atoms. The van der Waals surface area contributed by atoms with E-state index in [-0.39, 0.29) is 30.2 Å². The fourth-order valence-corrected chi connectivity index (χ4v) is 4.17. The van der Waals surface area contributed by atoms with Crippen LogP contribution in [0.3, 0.4) is 0 Å². The van der Waals surface area contributed by atoms with Crippen LogP contribution in [0.5, 0.6) is 0 Å². The molecule has 1 saturated heterocycles. The number of nitrogens with one attached hydrogen (secondary N) is 1. The summed E-state index contributed by atoms with van der Waals surface area (Å²) in [6.07, 6.45) is 1.79. The molecule has 1 aliphatic rings. The molecule has 0 unspecified atom stereocenters. The number of benzene rings is 2. The molecule has 162 valence electrons. The second kappa shape index (κ2) is 9.20. The predicted molar refractivity (Wildman–Crippen MR) is 116 cm³/mol. The van der Waals surface area contributed by atoms with Crippen molar-refractivity contribution in [3.63, 3.8) is 0 Å². The highest BCUT2D eigenvalue weighted by molar-refractivity contribution is 5.86. The number of hydrogen-bond donors (Lipinski definition) is 1. The second-order valence-corrected chi connectivity index (χ2v) is 7.67. The molecule has 0 aliphatic carbocycles. The van der Waals surface area contributed by atoms with Crippen molar-refractivity contribution in [3.05, 3.63) is 71.7 Å². The maximum absolute atomic E-state index is 14.0. The molecule has 31 heavy (non-hydrogen) atoms. The summed E-state index contributed by atoms with van der Waals surface area (Å²) < 4.78 is 19.0. The Kier molecular flexibility index (Phi) is 6.21. The topological polar surface area (TPSA) is 65.6 Å². The first-order chi connectivity index (χ1) is 15.1. The van der Waals surface area contributed by atoms with Gasteiger partial charge in [0.25, 0.3) is 0 Å². The number of carbonyl (C=O) groups is 2. The van der Waals surface area contributed by atoms with Crippen molar-refractivity contribution in [2.45, 2.75) is 19.3 Å².